The van der Waals surface area contributed by atoms with E-state index in [1.807, 2.05) is 0 Å². The molecule has 0 spiro atoms. The molecule has 2 N–H and O–H groups in total. The Morgan fingerprint density at radius 2 is 2.33 bits per heavy atom. The van der Waals surface area contributed by atoms with E-state index in [2.05, 4.69) is 10.3 Å². The Kier molecular flexibility index (Phi) is 2.39. The van der Waals surface area contributed by atoms with Crippen LogP contribution in [-0.2, 0) is 0 Å². The molecular formula is C9H10N4O2. The molecule has 0 saturated carbocycles. The number of nitrogens with zero attached hydrogens (tertiary/aromatic N) is 2. The molecular weight excluding hydrogens is 196 g/mol. The first-order valence-corrected chi connectivity index (χ1v) is 4.68. The monoisotopic (exact) mass is 206 g/mol. The minimum absolute atomic E-state index is 0.0264. The Morgan fingerprint density at radius 3 is 2.93 bits per heavy atom. The van der Waals surface area contributed by atoms with E-state index < -0.39 is 11.2 Å². The predicted octanol–water partition coefficient (Wildman–Crippen LogP) is -1.06. The average molecular weight is 206 g/mol. The van der Waals surface area contributed by atoms with Gasteiger partial charge in [0.05, 0.1) is 6.04 Å². The lowest BCUT2D eigenvalue weighted by atomic mass is 10.2. The molecule has 1 aliphatic heterocycles. The second-order valence-electron chi connectivity index (χ2n) is 3.47. The summed E-state index contributed by atoms with van der Waals surface area (Å²) < 4.78 is 1.42. The summed E-state index contributed by atoms with van der Waals surface area (Å²) in [6.07, 6.45) is 2.16. The molecule has 0 bridgehead atoms. The fraction of sp³-hybridized carbons (Fsp3) is 0.444. The van der Waals surface area contributed by atoms with Crippen LogP contribution in [-0.4, -0.2) is 22.6 Å². The van der Waals surface area contributed by atoms with Crippen molar-refractivity contribution < 1.29 is 0 Å². The SMILES string of the molecule is N#Cc1cn([C@@H]2CCNC2)c(=O)[nH]c1=O. The van der Waals surface area contributed by atoms with E-state index >= 15 is 0 Å². The molecule has 1 aliphatic rings. The Balaban J connectivity index is 2.52. The minimum Gasteiger partial charge on any atom is -0.315 e. The molecule has 1 fully saturated rings. The van der Waals surface area contributed by atoms with Crippen molar-refractivity contribution in [2.24, 2.45) is 0 Å². The van der Waals surface area contributed by atoms with Crippen LogP contribution in [0.25, 0.3) is 0 Å². The van der Waals surface area contributed by atoms with Crippen molar-refractivity contribution in [3.05, 3.63) is 32.6 Å². The van der Waals surface area contributed by atoms with Gasteiger partial charge in [-0.3, -0.25) is 14.3 Å². The highest BCUT2D eigenvalue weighted by Gasteiger charge is 2.18. The van der Waals surface area contributed by atoms with Crippen LogP contribution in [0.2, 0.25) is 0 Å². The number of nitriles is 1. The van der Waals surface area contributed by atoms with E-state index in [9.17, 15) is 9.59 Å². The molecule has 1 aromatic rings. The summed E-state index contributed by atoms with van der Waals surface area (Å²) in [7, 11) is 0. The third-order valence-electron chi connectivity index (χ3n) is 2.52. The zero-order valence-corrected chi connectivity index (χ0v) is 7.99. The number of nitrogens with one attached hydrogen (secondary N) is 2. The molecule has 0 radical (unpaired) electrons. The van der Waals surface area contributed by atoms with Crippen molar-refractivity contribution in [1.82, 2.24) is 14.9 Å². The lowest BCUT2D eigenvalue weighted by Crippen LogP contribution is -2.34. The van der Waals surface area contributed by atoms with Crippen LogP contribution in [0.3, 0.4) is 0 Å². The first-order valence-electron chi connectivity index (χ1n) is 4.68. The van der Waals surface area contributed by atoms with Gasteiger partial charge in [0.25, 0.3) is 5.56 Å². The zero-order valence-electron chi connectivity index (χ0n) is 7.99. The van der Waals surface area contributed by atoms with Gasteiger partial charge in [0.1, 0.15) is 11.6 Å². The van der Waals surface area contributed by atoms with Crippen molar-refractivity contribution in [3.63, 3.8) is 0 Å². The lowest BCUT2D eigenvalue weighted by Gasteiger charge is -2.11. The molecule has 2 rings (SSSR count). The van der Waals surface area contributed by atoms with E-state index in [0.717, 1.165) is 13.0 Å². The van der Waals surface area contributed by atoms with Crippen molar-refractivity contribution in [2.45, 2.75) is 12.5 Å². The Hall–Kier alpha value is -1.87. The second-order valence-corrected chi connectivity index (χ2v) is 3.47. The van der Waals surface area contributed by atoms with E-state index in [1.165, 1.54) is 10.8 Å². The van der Waals surface area contributed by atoms with Crippen molar-refractivity contribution in [2.75, 3.05) is 13.1 Å². The number of hydrogen-bond donors (Lipinski definition) is 2. The van der Waals surface area contributed by atoms with Crippen LogP contribution in [0.5, 0.6) is 0 Å². The summed E-state index contributed by atoms with van der Waals surface area (Å²) in [5, 5.41) is 11.8. The summed E-state index contributed by atoms with van der Waals surface area (Å²) in [6.45, 7) is 1.54. The third-order valence-corrected chi connectivity index (χ3v) is 2.52. The highest BCUT2D eigenvalue weighted by molar-refractivity contribution is 5.22. The normalized spacial score (nSPS) is 20.1. The van der Waals surface area contributed by atoms with Gasteiger partial charge in [0.2, 0.25) is 0 Å². The number of H-pyrrole nitrogens is 1. The van der Waals surface area contributed by atoms with Gasteiger partial charge in [-0.2, -0.15) is 5.26 Å². The highest BCUT2D eigenvalue weighted by Crippen LogP contribution is 2.11. The van der Waals surface area contributed by atoms with Crippen LogP contribution in [0, 0.1) is 11.3 Å². The average Bonchev–Trinajstić information content (AvgIpc) is 2.71. The summed E-state index contributed by atoms with van der Waals surface area (Å²) in [5.41, 5.74) is -1.10. The standard InChI is InChI=1S/C9H10N4O2/c10-3-6-5-13(7-1-2-11-4-7)9(15)12-8(6)14/h5,7,11H,1-2,4H2,(H,12,14,15)/t7-/m1/s1. The maximum absolute atomic E-state index is 11.5. The Morgan fingerprint density at radius 1 is 1.53 bits per heavy atom. The van der Waals surface area contributed by atoms with Crippen molar-refractivity contribution in [1.29, 1.82) is 5.26 Å². The summed E-state index contributed by atoms with van der Waals surface area (Å²) >= 11 is 0. The molecule has 1 saturated heterocycles. The number of hydrogen-bond acceptors (Lipinski definition) is 4. The third kappa shape index (κ3) is 1.69. The first kappa shape index (κ1) is 9.68. The lowest BCUT2D eigenvalue weighted by molar-refractivity contribution is 0.515. The van der Waals surface area contributed by atoms with Gasteiger partial charge in [-0.15, -0.1) is 0 Å². The zero-order chi connectivity index (χ0) is 10.8. The molecule has 2 heterocycles. The number of rotatable bonds is 1. The second kappa shape index (κ2) is 3.71. The number of aromatic amines is 1. The number of aromatic nitrogens is 2. The van der Waals surface area contributed by atoms with E-state index in [-0.39, 0.29) is 11.6 Å². The maximum Gasteiger partial charge on any atom is 0.328 e. The fourth-order valence-electron chi connectivity index (χ4n) is 1.71. The summed E-state index contributed by atoms with van der Waals surface area (Å²) in [4.78, 5) is 24.7. The Bertz CT molecular complexity index is 516. The smallest absolute Gasteiger partial charge is 0.315 e. The van der Waals surface area contributed by atoms with Gasteiger partial charge < -0.3 is 5.32 Å². The molecule has 78 valence electrons. The van der Waals surface area contributed by atoms with Gasteiger partial charge in [0, 0.05) is 12.7 Å². The maximum atomic E-state index is 11.5. The van der Waals surface area contributed by atoms with Crippen molar-refractivity contribution >= 4 is 0 Å². The molecule has 0 unspecified atom stereocenters. The van der Waals surface area contributed by atoms with Gasteiger partial charge in [0.15, 0.2) is 0 Å². The molecule has 1 aromatic heterocycles. The first-order chi connectivity index (χ1) is 7.22. The molecule has 6 nitrogen and oxygen atoms in total. The molecule has 15 heavy (non-hydrogen) atoms. The van der Waals surface area contributed by atoms with E-state index in [1.54, 1.807) is 6.07 Å². The fourth-order valence-corrected chi connectivity index (χ4v) is 1.71. The summed E-state index contributed by atoms with van der Waals surface area (Å²) in [5.74, 6) is 0. The van der Waals surface area contributed by atoms with Gasteiger partial charge in [-0.25, -0.2) is 4.79 Å². The largest absolute Gasteiger partial charge is 0.328 e. The predicted molar refractivity (Wildman–Crippen MR) is 52.6 cm³/mol. The molecule has 0 aliphatic carbocycles. The molecule has 0 aromatic carbocycles. The van der Waals surface area contributed by atoms with E-state index in [0.29, 0.717) is 6.54 Å². The van der Waals surface area contributed by atoms with Gasteiger partial charge >= 0.3 is 5.69 Å². The minimum atomic E-state index is -0.621. The van der Waals surface area contributed by atoms with Crippen LogP contribution in [0.15, 0.2) is 15.8 Å². The van der Waals surface area contributed by atoms with Crippen LogP contribution >= 0.6 is 0 Å². The van der Waals surface area contributed by atoms with E-state index in [4.69, 9.17) is 5.26 Å². The molecule has 1 atom stereocenters. The van der Waals surface area contributed by atoms with Crippen molar-refractivity contribution in [3.8, 4) is 6.07 Å². The topological polar surface area (TPSA) is 90.7 Å². The van der Waals surface area contributed by atoms with Gasteiger partial charge in [-0.1, -0.05) is 0 Å². The van der Waals surface area contributed by atoms with Crippen LogP contribution in [0.1, 0.15) is 18.0 Å². The van der Waals surface area contributed by atoms with Gasteiger partial charge in [-0.05, 0) is 13.0 Å². The quantitative estimate of drug-likeness (QED) is 0.613. The molecule has 0 amide bonds. The van der Waals surface area contributed by atoms with Crippen LogP contribution in [0.4, 0.5) is 0 Å². The summed E-state index contributed by atoms with van der Waals surface area (Å²) in [6, 6.07) is 1.79. The molecule has 6 heteroatoms. The highest BCUT2D eigenvalue weighted by atomic mass is 16.2. The Labute approximate surface area is 85.2 Å². The van der Waals surface area contributed by atoms with Crippen LogP contribution < -0.4 is 16.6 Å².